The molecule has 96 valence electrons. The predicted octanol–water partition coefficient (Wildman–Crippen LogP) is 3.76. The number of hydrogen-bond acceptors (Lipinski definition) is 2. The van der Waals surface area contributed by atoms with E-state index in [1.807, 2.05) is 24.3 Å². The molecule has 0 saturated carbocycles. The Morgan fingerprint density at radius 1 is 0.895 bits per heavy atom. The smallest absolute Gasteiger partial charge is 0.222 e. The number of rotatable bonds is 2. The van der Waals surface area contributed by atoms with Crippen LogP contribution in [0.1, 0.15) is 0 Å². The first kappa shape index (κ1) is 12.4. The molecule has 3 aromatic rings. The Kier molecular flexibility index (Phi) is 2.95. The molecule has 0 atom stereocenters. The van der Waals surface area contributed by atoms with E-state index in [4.69, 9.17) is 0 Å². The van der Waals surface area contributed by atoms with Crippen LogP contribution in [0.5, 0.6) is 0 Å². The maximum absolute atomic E-state index is 12.6. The SMILES string of the molecule is O=S(=O)(c1ccccc1)c1[nH]c2ccccc2c1Br. The summed E-state index contributed by atoms with van der Waals surface area (Å²) in [5.41, 5.74) is 0.795. The van der Waals surface area contributed by atoms with Crippen LogP contribution in [0, 0.1) is 0 Å². The third-order valence-corrected chi connectivity index (χ3v) is 5.76. The third kappa shape index (κ3) is 1.99. The van der Waals surface area contributed by atoms with E-state index in [0.717, 1.165) is 10.9 Å². The van der Waals surface area contributed by atoms with E-state index in [-0.39, 0.29) is 9.92 Å². The zero-order valence-electron chi connectivity index (χ0n) is 9.80. The van der Waals surface area contributed by atoms with Crippen LogP contribution in [0.15, 0.2) is 69.0 Å². The average Bonchev–Trinajstić information content (AvgIpc) is 2.78. The van der Waals surface area contributed by atoms with E-state index < -0.39 is 9.84 Å². The molecule has 0 saturated heterocycles. The van der Waals surface area contributed by atoms with E-state index in [9.17, 15) is 8.42 Å². The Bertz CT molecular complexity index is 838. The van der Waals surface area contributed by atoms with Crippen molar-refractivity contribution >= 4 is 36.7 Å². The Balaban J connectivity index is 2.28. The van der Waals surface area contributed by atoms with Crippen molar-refractivity contribution in [3.63, 3.8) is 0 Å². The van der Waals surface area contributed by atoms with Gasteiger partial charge in [-0.1, -0.05) is 36.4 Å². The number of sulfone groups is 1. The van der Waals surface area contributed by atoms with E-state index in [0.29, 0.717) is 4.47 Å². The largest absolute Gasteiger partial charge is 0.344 e. The molecule has 2 aromatic carbocycles. The second kappa shape index (κ2) is 4.51. The van der Waals surface area contributed by atoms with E-state index in [1.54, 1.807) is 30.3 Å². The summed E-state index contributed by atoms with van der Waals surface area (Å²) in [5, 5.41) is 1.05. The van der Waals surface area contributed by atoms with E-state index >= 15 is 0 Å². The Morgan fingerprint density at radius 3 is 2.21 bits per heavy atom. The molecule has 0 aliphatic heterocycles. The molecule has 3 nitrogen and oxygen atoms in total. The summed E-state index contributed by atoms with van der Waals surface area (Å²) in [5.74, 6) is 0. The van der Waals surface area contributed by atoms with Crippen molar-refractivity contribution in [3.8, 4) is 0 Å². The molecular weight excluding hydrogens is 326 g/mol. The summed E-state index contributed by atoms with van der Waals surface area (Å²) in [7, 11) is -3.53. The van der Waals surface area contributed by atoms with Crippen molar-refractivity contribution in [2.24, 2.45) is 0 Å². The van der Waals surface area contributed by atoms with Gasteiger partial charge < -0.3 is 4.98 Å². The van der Waals surface area contributed by atoms with Crippen molar-refractivity contribution in [3.05, 3.63) is 59.1 Å². The Labute approximate surface area is 119 Å². The number of H-pyrrole nitrogens is 1. The standard InChI is InChI=1S/C14H10BrNO2S/c15-13-11-8-4-5-9-12(11)16-14(13)19(17,18)10-6-2-1-3-7-10/h1-9,16H. The normalized spacial score (nSPS) is 11.8. The first-order chi connectivity index (χ1) is 9.10. The van der Waals surface area contributed by atoms with Crippen LogP contribution in [0.3, 0.4) is 0 Å². The highest BCUT2D eigenvalue weighted by atomic mass is 79.9. The van der Waals surface area contributed by atoms with Gasteiger partial charge in [0.05, 0.1) is 9.37 Å². The molecule has 0 unspecified atom stereocenters. The predicted molar refractivity (Wildman–Crippen MR) is 77.9 cm³/mol. The Hall–Kier alpha value is -1.59. The molecule has 0 radical (unpaired) electrons. The second-order valence-electron chi connectivity index (χ2n) is 4.13. The fraction of sp³-hybridized carbons (Fsp3) is 0. The molecule has 0 fully saturated rings. The van der Waals surface area contributed by atoms with Gasteiger partial charge in [-0.25, -0.2) is 8.42 Å². The van der Waals surface area contributed by atoms with E-state index in [1.165, 1.54) is 0 Å². The van der Waals surface area contributed by atoms with Crippen LogP contribution >= 0.6 is 15.9 Å². The van der Waals surface area contributed by atoms with E-state index in [2.05, 4.69) is 20.9 Å². The molecule has 19 heavy (non-hydrogen) atoms. The van der Waals surface area contributed by atoms with Gasteiger partial charge in [0.2, 0.25) is 9.84 Å². The number of aromatic nitrogens is 1. The maximum atomic E-state index is 12.6. The molecule has 1 N–H and O–H groups in total. The highest BCUT2D eigenvalue weighted by Crippen LogP contribution is 2.33. The third-order valence-electron chi connectivity index (χ3n) is 2.93. The van der Waals surface area contributed by atoms with Gasteiger partial charge in [0.1, 0.15) is 0 Å². The summed E-state index contributed by atoms with van der Waals surface area (Å²) in [6.07, 6.45) is 0. The lowest BCUT2D eigenvalue weighted by Crippen LogP contribution is -2.02. The summed E-state index contributed by atoms with van der Waals surface area (Å²) >= 11 is 3.37. The lowest BCUT2D eigenvalue weighted by Gasteiger charge is -2.02. The molecule has 0 aliphatic carbocycles. The summed E-state index contributed by atoms with van der Waals surface area (Å²) in [4.78, 5) is 3.25. The second-order valence-corrected chi connectivity index (χ2v) is 6.81. The van der Waals surface area contributed by atoms with Crippen molar-refractivity contribution in [2.45, 2.75) is 9.92 Å². The minimum Gasteiger partial charge on any atom is -0.344 e. The van der Waals surface area contributed by atoms with Crippen LogP contribution in [0.4, 0.5) is 0 Å². The monoisotopic (exact) mass is 335 g/mol. The van der Waals surface area contributed by atoms with Crippen LogP contribution in [0.25, 0.3) is 10.9 Å². The quantitative estimate of drug-likeness (QED) is 0.775. The van der Waals surface area contributed by atoms with Crippen LogP contribution in [-0.2, 0) is 9.84 Å². The van der Waals surface area contributed by atoms with Gasteiger partial charge in [0.15, 0.2) is 5.03 Å². The van der Waals surface area contributed by atoms with Gasteiger partial charge in [0, 0.05) is 10.9 Å². The van der Waals surface area contributed by atoms with Gasteiger partial charge in [-0.2, -0.15) is 0 Å². The number of hydrogen-bond donors (Lipinski definition) is 1. The molecule has 1 heterocycles. The van der Waals surface area contributed by atoms with Crippen molar-refractivity contribution < 1.29 is 8.42 Å². The fourth-order valence-electron chi connectivity index (χ4n) is 1.99. The number of nitrogens with one attached hydrogen (secondary N) is 1. The van der Waals surface area contributed by atoms with Gasteiger partial charge in [-0.05, 0) is 34.1 Å². The molecule has 5 heteroatoms. The number of fused-ring (bicyclic) bond motifs is 1. The lowest BCUT2D eigenvalue weighted by atomic mass is 10.3. The minimum absolute atomic E-state index is 0.194. The lowest BCUT2D eigenvalue weighted by molar-refractivity contribution is 0.593. The molecule has 0 aliphatic rings. The zero-order valence-corrected chi connectivity index (χ0v) is 12.2. The molecule has 0 amide bonds. The number of benzene rings is 2. The number of para-hydroxylation sites is 1. The summed E-state index contributed by atoms with van der Waals surface area (Å²) in [6, 6.07) is 15.9. The zero-order chi connectivity index (χ0) is 13.5. The molecule has 1 aromatic heterocycles. The molecule has 0 spiro atoms. The summed E-state index contributed by atoms with van der Waals surface area (Å²) in [6.45, 7) is 0. The van der Waals surface area contributed by atoms with Crippen molar-refractivity contribution in [1.29, 1.82) is 0 Å². The van der Waals surface area contributed by atoms with Crippen LogP contribution in [0.2, 0.25) is 0 Å². The highest BCUT2D eigenvalue weighted by Gasteiger charge is 2.23. The van der Waals surface area contributed by atoms with Gasteiger partial charge in [-0.3, -0.25) is 0 Å². The topological polar surface area (TPSA) is 49.9 Å². The first-order valence-electron chi connectivity index (χ1n) is 5.67. The van der Waals surface area contributed by atoms with Gasteiger partial charge >= 0.3 is 0 Å². The molecular formula is C14H10BrNO2S. The average molecular weight is 336 g/mol. The molecule has 0 bridgehead atoms. The Morgan fingerprint density at radius 2 is 1.53 bits per heavy atom. The number of halogens is 1. The van der Waals surface area contributed by atoms with Gasteiger partial charge in [-0.15, -0.1) is 0 Å². The van der Waals surface area contributed by atoms with Gasteiger partial charge in [0.25, 0.3) is 0 Å². The highest BCUT2D eigenvalue weighted by molar-refractivity contribution is 9.10. The number of aromatic amines is 1. The maximum Gasteiger partial charge on any atom is 0.222 e. The van der Waals surface area contributed by atoms with Crippen LogP contribution < -0.4 is 0 Å². The first-order valence-corrected chi connectivity index (χ1v) is 7.94. The molecule has 3 rings (SSSR count). The fourth-order valence-corrected chi connectivity index (χ4v) is 4.41. The van der Waals surface area contributed by atoms with Crippen molar-refractivity contribution in [1.82, 2.24) is 4.98 Å². The van der Waals surface area contributed by atoms with Crippen LogP contribution in [-0.4, -0.2) is 13.4 Å². The van der Waals surface area contributed by atoms with Crippen molar-refractivity contribution in [2.75, 3.05) is 0 Å². The summed E-state index contributed by atoms with van der Waals surface area (Å²) < 4.78 is 25.7. The minimum atomic E-state index is -3.53.